The van der Waals surface area contributed by atoms with Gasteiger partial charge in [0.25, 0.3) is 0 Å². The van der Waals surface area contributed by atoms with Crippen molar-refractivity contribution in [3.05, 3.63) is 11.7 Å². The minimum atomic E-state index is 0.291. The van der Waals surface area contributed by atoms with E-state index in [4.69, 9.17) is 9.63 Å². The van der Waals surface area contributed by atoms with E-state index in [1.54, 1.807) is 0 Å². The predicted molar refractivity (Wildman–Crippen MR) is 68.0 cm³/mol. The third kappa shape index (κ3) is 3.78. The Balaban J connectivity index is 1.84. The largest absolute Gasteiger partial charge is 0.396 e. The lowest BCUT2D eigenvalue weighted by Crippen LogP contribution is -2.35. The van der Waals surface area contributed by atoms with Crippen LogP contribution in [0.5, 0.6) is 0 Å². The van der Waals surface area contributed by atoms with E-state index in [1.165, 1.54) is 12.8 Å². The number of nitrogens with zero attached hydrogens (tertiary/aromatic N) is 3. The van der Waals surface area contributed by atoms with E-state index in [0.717, 1.165) is 50.6 Å². The van der Waals surface area contributed by atoms with Crippen molar-refractivity contribution in [1.82, 2.24) is 15.0 Å². The fraction of sp³-hybridized carbons (Fsp3) is 0.846. The first-order valence-corrected chi connectivity index (χ1v) is 6.96. The SMILES string of the molecule is CCCc1noc(CN2CCCC(CCO)C2)n1. The Hall–Kier alpha value is -0.940. The molecule has 2 heterocycles. The minimum Gasteiger partial charge on any atom is -0.396 e. The monoisotopic (exact) mass is 253 g/mol. The number of piperidine rings is 1. The van der Waals surface area contributed by atoms with Gasteiger partial charge in [0.1, 0.15) is 0 Å². The molecule has 1 fully saturated rings. The van der Waals surface area contributed by atoms with Gasteiger partial charge in [0.15, 0.2) is 5.82 Å². The van der Waals surface area contributed by atoms with E-state index < -0.39 is 0 Å². The molecule has 1 saturated heterocycles. The fourth-order valence-corrected chi connectivity index (χ4v) is 2.58. The van der Waals surface area contributed by atoms with Crippen LogP contribution < -0.4 is 0 Å². The van der Waals surface area contributed by atoms with Crippen molar-refractivity contribution in [3.63, 3.8) is 0 Å². The lowest BCUT2D eigenvalue weighted by molar-refractivity contribution is 0.130. The molecule has 0 amide bonds. The number of rotatable bonds is 6. The van der Waals surface area contributed by atoms with Gasteiger partial charge in [0, 0.05) is 19.6 Å². The Labute approximate surface area is 108 Å². The van der Waals surface area contributed by atoms with Crippen molar-refractivity contribution >= 4 is 0 Å². The number of aromatic nitrogens is 2. The Morgan fingerprint density at radius 1 is 1.50 bits per heavy atom. The van der Waals surface area contributed by atoms with Crippen molar-refractivity contribution in [1.29, 1.82) is 0 Å². The minimum absolute atomic E-state index is 0.291. The molecule has 0 saturated carbocycles. The van der Waals surface area contributed by atoms with E-state index in [0.29, 0.717) is 12.5 Å². The molecule has 1 aliphatic heterocycles. The quantitative estimate of drug-likeness (QED) is 0.834. The van der Waals surface area contributed by atoms with Gasteiger partial charge in [-0.25, -0.2) is 0 Å². The van der Waals surface area contributed by atoms with Crippen molar-refractivity contribution in [2.45, 2.75) is 45.6 Å². The maximum Gasteiger partial charge on any atom is 0.240 e. The summed E-state index contributed by atoms with van der Waals surface area (Å²) in [6.45, 7) is 5.28. The molecule has 0 aliphatic carbocycles. The van der Waals surface area contributed by atoms with Crippen LogP contribution in [-0.4, -0.2) is 39.8 Å². The first kappa shape index (κ1) is 13.5. The van der Waals surface area contributed by atoms with Crippen LogP contribution in [0.15, 0.2) is 4.52 Å². The highest BCUT2D eigenvalue weighted by molar-refractivity contribution is 4.87. The average Bonchev–Trinajstić information content (AvgIpc) is 2.78. The summed E-state index contributed by atoms with van der Waals surface area (Å²) in [5.41, 5.74) is 0. The maximum atomic E-state index is 9.00. The van der Waals surface area contributed by atoms with Crippen LogP contribution >= 0.6 is 0 Å². The highest BCUT2D eigenvalue weighted by Gasteiger charge is 2.21. The first-order valence-electron chi connectivity index (χ1n) is 6.96. The van der Waals surface area contributed by atoms with E-state index >= 15 is 0 Å². The number of likely N-dealkylation sites (tertiary alicyclic amines) is 1. The molecular formula is C13H23N3O2. The molecule has 1 N–H and O–H groups in total. The van der Waals surface area contributed by atoms with Crippen LogP contribution in [-0.2, 0) is 13.0 Å². The molecular weight excluding hydrogens is 230 g/mol. The van der Waals surface area contributed by atoms with Gasteiger partial charge in [0.2, 0.25) is 5.89 Å². The van der Waals surface area contributed by atoms with E-state index in [9.17, 15) is 0 Å². The van der Waals surface area contributed by atoms with Gasteiger partial charge in [-0.2, -0.15) is 4.98 Å². The van der Waals surface area contributed by atoms with Crippen molar-refractivity contribution in [2.75, 3.05) is 19.7 Å². The van der Waals surface area contributed by atoms with Crippen LogP contribution in [0.3, 0.4) is 0 Å². The molecule has 1 atom stereocenters. The summed E-state index contributed by atoms with van der Waals surface area (Å²) in [5.74, 6) is 2.15. The molecule has 5 heteroatoms. The van der Waals surface area contributed by atoms with Crippen LogP contribution in [0.1, 0.15) is 44.3 Å². The molecule has 0 spiro atoms. The van der Waals surface area contributed by atoms with Gasteiger partial charge in [-0.15, -0.1) is 0 Å². The fourth-order valence-electron chi connectivity index (χ4n) is 2.58. The van der Waals surface area contributed by atoms with Gasteiger partial charge in [-0.1, -0.05) is 12.1 Å². The third-order valence-electron chi connectivity index (χ3n) is 3.48. The molecule has 1 aromatic heterocycles. The summed E-state index contributed by atoms with van der Waals surface area (Å²) < 4.78 is 5.26. The molecule has 18 heavy (non-hydrogen) atoms. The summed E-state index contributed by atoms with van der Waals surface area (Å²) in [6, 6.07) is 0. The van der Waals surface area contributed by atoms with Crippen LogP contribution in [0, 0.1) is 5.92 Å². The molecule has 0 bridgehead atoms. The van der Waals surface area contributed by atoms with Gasteiger partial charge in [-0.3, -0.25) is 4.90 Å². The van der Waals surface area contributed by atoms with Crippen LogP contribution in [0.25, 0.3) is 0 Å². The van der Waals surface area contributed by atoms with Crippen molar-refractivity contribution in [3.8, 4) is 0 Å². The molecule has 1 aliphatic rings. The molecule has 2 rings (SSSR count). The smallest absolute Gasteiger partial charge is 0.240 e. The van der Waals surface area contributed by atoms with Crippen molar-refractivity contribution in [2.24, 2.45) is 5.92 Å². The summed E-state index contributed by atoms with van der Waals surface area (Å²) in [4.78, 5) is 6.75. The van der Waals surface area contributed by atoms with Gasteiger partial charge >= 0.3 is 0 Å². The molecule has 0 radical (unpaired) electrons. The van der Waals surface area contributed by atoms with Crippen molar-refractivity contribution < 1.29 is 9.63 Å². The Morgan fingerprint density at radius 2 is 2.39 bits per heavy atom. The average molecular weight is 253 g/mol. The number of aliphatic hydroxyl groups excluding tert-OH is 1. The zero-order valence-electron chi connectivity index (χ0n) is 11.1. The summed E-state index contributed by atoms with van der Waals surface area (Å²) in [7, 11) is 0. The molecule has 5 nitrogen and oxygen atoms in total. The number of hydrogen-bond donors (Lipinski definition) is 1. The second kappa shape index (κ2) is 6.85. The third-order valence-corrected chi connectivity index (χ3v) is 3.48. The zero-order valence-corrected chi connectivity index (χ0v) is 11.1. The molecule has 1 unspecified atom stereocenters. The first-order chi connectivity index (χ1) is 8.81. The molecule has 0 aromatic carbocycles. The van der Waals surface area contributed by atoms with E-state index in [2.05, 4.69) is 22.0 Å². The Bertz CT molecular complexity index is 352. The standard InChI is InChI=1S/C13H23N3O2/c1-2-4-12-14-13(18-15-12)10-16-7-3-5-11(9-16)6-8-17/h11,17H,2-10H2,1H3. The second-order valence-electron chi connectivity index (χ2n) is 5.11. The summed E-state index contributed by atoms with van der Waals surface area (Å²) >= 11 is 0. The zero-order chi connectivity index (χ0) is 12.8. The number of aryl methyl sites for hydroxylation is 1. The lowest BCUT2D eigenvalue weighted by Gasteiger charge is -2.31. The van der Waals surface area contributed by atoms with Crippen LogP contribution in [0.4, 0.5) is 0 Å². The molecule has 102 valence electrons. The topological polar surface area (TPSA) is 62.4 Å². The van der Waals surface area contributed by atoms with Crippen LogP contribution in [0.2, 0.25) is 0 Å². The summed E-state index contributed by atoms with van der Waals surface area (Å²) in [5, 5.41) is 13.0. The number of aliphatic hydroxyl groups is 1. The maximum absolute atomic E-state index is 9.00. The van der Waals surface area contributed by atoms with E-state index in [1.807, 2.05) is 0 Å². The van der Waals surface area contributed by atoms with Gasteiger partial charge < -0.3 is 9.63 Å². The highest BCUT2D eigenvalue weighted by Crippen LogP contribution is 2.20. The van der Waals surface area contributed by atoms with E-state index in [-0.39, 0.29) is 0 Å². The summed E-state index contributed by atoms with van der Waals surface area (Å²) in [6.07, 6.45) is 5.25. The normalized spacial score (nSPS) is 21.3. The lowest BCUT2D eigenvalue weighted by atomic mass is 9.95. The van der Waals surface area contributed by atoms with Gasteiger partial charge in [0.05, 0.1) is 6.54 Å². The Kier molecular flexibility index (Phi) is 5.13. The second-order valence-corrected chi connectivity index (χ2v) is 5.11. The predicted octanol–water partition coefficient (Wildman–Crippen LogP) is 1.62. The number of hydrogen-bond acceptors (Lipinski definition) is 5. The van der Waals surface area contributed by atoms with Gasteiger partial charge in [-0.05, 0) is 38.1 Å². The Morgan fingerprint density at radius 3 is 3.17 bits per heavy atom. The molecule has 1 aromatic rings. The highest BCUT2D eigenvalue weighted by atomic mass is 16.5.